The first-order valence-electron chi connectivity index (χ1n) is 6.67. The minimum absolute atomic E-state index is 0.0542. The lowest BCUT2D eigenvalue weighted by Crippen LogP contribution is -1.94. The van der Waals surface area contributed by atoms with E-state index < -0.39 is 11.6 Å². The van der Waals surface area contributed by atoms with Gasteiger partial charge in [-0.15, -0.1) is 5.11 Å². The van der Waals surface area contributed by atoms with Gasteiger partial charge in [0.1, 0.15) is 5.69 Å². The Kier molecular flexibility index (Phi) is 3.84. The van der Waals surface area contributed by atoms with Crippen molar-refractivity contribution in [2.75, 3.05) is 0 Å². The van der Waals surface area contributed by atoms with Gasteiger partial charge in [-0.25, -0.2) is 14.7 Å². The summed E-state index contributed by atoms with van der Waals surface area (Å²) in [6.07, 6.45) is 0. The number of nitrogens with zero attached hydrogens (tertiary/aromatic N) is 2. The Bertz CT molecular complexity index is 909. The van der Waals surface area contributed by atoms with Crippen molar-refractivity contribution in [3.05, 3.63) is 70.6 Å². The lowest BCUT2D eigenvalue weighted by Gasteiger charge is -1.97. The molecular weight excluding hydrogens is 298 g/mol. The van der Waals surface area contributed by atoms with Crippen LogP contribution >= 0.6 is 0 Å². The van der Waals surface area contributed by atoms with Gasteiger partial charge in [0.2, 0.25) is 0 Å². The van der Waals surface area contributed by atoms with E-state index in [1.807, 2.05) is 30.3 Å². The molecule has 7 nitrogen and oxygen atoms in total. The molecule has 2 aromatic carbocycles. The highest BCUT2D eigenvalue weighted by Gasteiger charge is 2.13. The second-order valence-corrected chi connectivity index (χ2v) is 4.63. The molecule has 0 radical (unpaired) electrons. The van der Waals surface area contributed by atoms with Crippen molar-refractivity contribution in [2.45, 2.75) is 0 Å². The number of rotatable bonds is 4. The number of hydrogen-bond acceptors (Lipinski definition) is 5. The summed E-state index contributed by atoms with van der Waals surface area (Å²) < 4.78 is 4.78. The van der Waals surface area contributed by atoms with E-state index in [9.17, 15) is 9.59 Å². The third kappa shape index (κ3) is 3.08. The fourth-order valence-electron chi connectivity index (χ4n) is 1.97. The highest BCUT2D eigenvalue weighted by atomic mass is 16.5. The maximum Gasteiger partial charge on any atom is 0.385 e. The number of benzene rings is 2. The predicted octanol–water partition coefficient (Wildman–Crippen LogP) is 3.75. The number of H-pyrrole nitrogens is 1. The molecule has 1 heterocycles. The van der Waals surface area contributed by atoms with Crippen molar-refractivity contribution in [3.63, 3.8) is 0 Å². The Morgan fingerprint density at radius 2 is 1.70 bits per heavy atom. The Labute approximate surface area is 129 Å². The second kappa shape index (κ2) is 6.10. The summed E-state index contributed by atoms with van der Waals surface area (Å²) >= 11 is 0. The summed E-state index contributed by atoms with van der Waals surface area (Å²) in [5.74, 6) is -1.02. The average molecular weight is 309 g/mol. The zero-order valence-corrected chi connectivity index (χ0v) is 11.8. The van der Waals surface area contributed by atoms with Gasteiger partial charge in [0, 0.05) is 5.56 Å². The molecule has 0 aliphatic rings. The number of azo groups is 1. The summed E-state index contributed by atoms with van der Waals surface area (Å²) in [6, 6.07) is 14.9. The molecular formula is C16H11N3O4. The van der Waals surface area contributed by atoms with Crippen LogP contribution in [0.2, 0.25) is 0 Å². The lowest BCUT2D eigenvalue weighted by molar-refractivity contribution is 0.0697. The number of aromatic nitrogens is 1. The molecule has 0 saturated heterocycles. The van der Waals surface area contributed by atoms with Gasteiger partial charge in [0.15, 0.2) is 5.69 Å². The molecule has 0 spiro atoms. The van der Waals surface area contributed by atoms with Gasteiger partial charge >= 0.3 is 11.6 Å². The number of aromatic amines is 1. The fourth-order valence-corrected chi connectivity index (χ4v) is 1.97. The molecule has 2 N–H and O–H groups in total. The van der Waals surface area contributed by atoms with Gasteiger partial charge in [-0.3, -0.25) is 0 Å². The molecule has 23 heavy (non-hydrogen) atoms. The standard InChI is InChI=1S/C16H11N3O4/c20-15(21)11-6-8-12(9-7-11)17-18-14-13(19-23-16(14)22)10-4-2-1-3-5-10/h1-9,19H,(H,20,21). The summed E-state index contributed by atoms with van der Waals surface area (Å²) in [5, 5.41) is 19.2. The van der Waals surface area contributed by atoms with Gasteiger partial charge < -0.3 is 9.63 Å². The zero-order valence-electron chi connectivity index (χ0n) is 11.8. The number of nitrogens with one attached hydrogen (secondary N) is 1. The van der Waals surface area contributed by atoms with Crippen LogP contribution in [-0.2, 0) is 0 Å². The van der Waals surface area contributed by atoms with E-state index in [-0.39, 0.29) is 11.3 Å². The van der Waals surface area contributed by atoms with Gasteiger partial charge in [-0.05, 0) is 24.3 Å². The maximum absolute atomic E-state index is 11.7. The predicted molar refractivity (Wildman–Crippen MR) is 82.3 cm³/mol. The molecule has 0 aliphatic heterocycles. The third-order valence-corrected chi connectivity index (χ3v) is 3.12. The molecule has 0 atom stereocenters. The van der Waals surface area contributed by atoms with Crippen LogP contribution in [0.1, 0.15) is 10.4 Å². The Hall–Kier alpha value is -3.48. The normalized spacial score (nSPS) is 11.0. The van der Waals surface area contributed by atoms with Crippen LogP contribution in [0.15, 0.2) is 74.1 Å². The quantitative estimate of drug-likeness (QED) is 0.715. The molecule has 1 aromatic heterocycles. The van der Waals surface area contributed by atoms with Crippen molar-refractivity contribution in [3.8, 4) is 11.3 Å². The van der Waals surface area contributed by atoms with Gasteiger partial charge in [0.25, 0.3) is 0 Å². The van der Waals surface area contributed by atoms with E-state index in [1.54, 1.807) is 0 Å². The third-order valence-electron chi connectivity index (χ3n) is 3.12. The van der Waals surface area contributed by atoms with Gasteiger partial charge in [-0.1, -0.05) is 30.3 Å². The molecule has 0 saturated carbocycles. The smallest absolute Gasteiger partial charge is 0.385 e. The monoisotopic (exact) mass is 309 g/mol. The number of hydrogen-bond donors (Lipinski definition) is 2. The minimum atomic E-state index is -1.02. The van der Waals surface area contributed by atoms with Gasteiger partial charge in [-0.2, -0.15) is 5.11 Å². The second-order valence-electron chi connectivity index (χ2n) is 4.63. The molecule has 3 rings (SSSR count). The van der Waals surface area contributed by atoms with Crippen molar-refractivity contribution < 1.29 is 14.4 Å². The molecule has 7 heteroatoms. The van der Waals surface area contributed by atoms with E-state index in [0.717, 1.165) is 5.56 Å². The number of aromatic carboxylic acids is 1. The highest BCUT2D eigenvalue weighted by molar-refractivity contribution is 5.87. The van der Waals surface area contributed by atoms with Crippen LogP contribution in [0.3, 0.4) is 0 Å². The summed E-state index contributed by atoms with van der Waals surface area (Å²) in [4.78, 5) is 22.5. The first-order chi connectivity index (χ1) is 11.1. The van der Waals surface area contributed by atoms with E-state index in [0.29, 0.717) is 11.4 Å². The molecule has 0 unspecified atom stereocenters. The maximum atomic E-state index is 11.7. The van der Waals surface area contributed by atoms with Crippen LogP contribution < -0.4 is 5.63 Å². The number of carbonyl (C=O) groups is 1. The average Bonchev–Trinajstić information content (AvgIpc) is 2.95. The Balaban J connectivity index is 1.93. The van der Waals surface area contributed by atoms with E-state index in [4.69, 9.17) is 9.63 Å². The first-order valence-corrected chi connectivity index (χ1v) is 6.67. The SMILES string of the molecule is O=C(O)c1ccc(N=Nc2c(-c3ccccc3)[nH]oc2=O)cc1. The molecule has 3 aromatic rings. The van der Waals surface area contributed by atoms with Crippen molar-refractivity contribution in [1.29, 1.82) is 0 Å². The van der Waals surface area contributed by atoms with Crippen molar-refractivity contribution in [1.82, 2.24) is 5.16 Å². The Morgan fingerprint density at radius 3 is 2.35 bits per heavy atom. The number of carboxylic acid groups (broad SMARTS) is 1. The van der Waals surface area contributed by atoms with E-state index >= 15 is 0 Å². The topological polar surface area (TPSA) is 108 Å². The summed E-state index contributed by atoms with van der Waals surface area (Å²) in [6.45, 7) is 0. The van der Waals surface area contributed by atoms with Gasteiger partial charge in [0.05, 0.1) is 11.3 Å². The molecule has 0 bridgehead atoms. The lowest BCUT2D eigenvalue weighted by atomic mass is 10.1. The molecule has 0 amide bonds. The van der Waals surface area contributed by atoms with E-state index in [2.05, 4.69) is 15.4 Å². The van der Waals surface area contributed by atoms with Crippen LogP contribution in [0.25, 0.3) is 11.3 Å². The first kappa shape index (κ1) is 14.5. The summed E-state index contributed by atoms with van der Waals surface area (Å²) in [7, 11) is 0. The molecule has 0 fully saturated rings. The van der Waals surface area contributed by atoms with Crippen LogP contribution in [0, 0.1) is 0 Å². The highest BCUT2D eigenvalue weighted by Crippen LogP contribution is 2.26. The van der Waals surface area contributed by atoms with Crippen LogP contribution in [0.4, 0.5) is 11.4 Å². The largest absolute Gasteiger partial charge is 0.478 e. The van der Waals surface area contributed by atoms with Crippen LogP contribution in [-0.4, -0.2) is 16.2 Å². The van der Waals surface area contributed by atoms with Crippen LogP contribution in [0.5, 0.6) is 0 Å². The summed E-state index contributed by atoms with van der Waals surface area (Å²) in [5.41, 5.74) is 1.17. The Morgan fingerprint density at radius 1 is 1.00 bits per heavy atom. The number of carboxylic acids is 1. The minimum Gasteiger partial charge on any atom is -0.478 e. The molecule has 0 aliphatic carbocycles. The van der Waals surface area contributed by atoms with Crippen molar-refractivity contribution in [2.24, 2.45) is 10.2 Å². The van der Waals surface area contributed by atoms with Crippen molar-refractivity contribution >= 4 is 17.3 Å². The zero-order chi connectivity index (χ0) is 16.2. The molecule has 114 valence electrons. The fraction of sp³-hybridized carbons (Fsp3) is 0. The van der Waals surface area contributed by atoms with E-state index in [1.165, 1.54) is 24.3 Å².